The molecule has 0 amide bonds. The molecule has 1 atom stereocenters. The van der Waals surface area contributed by atoms with Crippen LogP contribution in [0, 0.1) is 19.8 Å². The number of rotatable bonds is 5. The average molecular weight is 285 g/mol. The number of carboxylic acid groups (broad SMARTS) is 1. The lowest BCUT2D eigenvalue weighted by Crippen LogP contribution is -2.36. The van der Waals surface area contributed by atoms with E-state index in [1.54, 1.807) is 13.0 Å². The first-order chi connectivity index (χ1) is 8.62. The molecule has 106 valence electrons. The summed E-state index contributed by atoms with van der Waals surface area (Å²) in [5.74, 6) is -1.78. The van der Waals surface area contributed by atoms with Crippen molar-refractivity contribution in [2.75, 3.05) is 17.1 Å². The van der Waals surface area contributed by atoms with Gasteiger partial charge >= 0.3 is 5.97 Å². The van der Waals surface area contributed by atoms with E-state index < -0.39 is 21.9 Å². The monoisotopic (exact) mass is 285 g/mol. The molecule has 0 fully saturated rings. The minimum absolute atomic E-state index is 0.0710. The third-order valence-electron chi connectivity index (χ3n) is 2.89. The average Bonchev–Trinajstić information content (AvgIpc) is 2.27. The number of sulfonamides is 1. The Morgan fingerprint density at radius 2 is 1.95 bits per heavy atom. The van der Waals surface area contributed by atoms with Crippen molar-refractivity contribution in [3.63, 3.8) is 0 Å². The van der Waals surface area contributed by atoms with Gasteiger partial charge in [0, 0.05) is 6.54 Å². The number of aliphatic carboxylic acids is 1. The van der Waals surface area contributed by atoms with Crippen molar-refractivity contribution in [2.45, 2.75) is 20.8 Å². The number of nitrogens with zero attached hydrogens (tertiary/aromatic N) is 1. The zero-order valence-electron chi connectivity index (χ0n) is 11.5. The highest BCUT2D eigenvalue weighted by Gasteiger charge is 2.24. The van der Waals surface area contributed by atoms with Crippen molar-refractivity contribution >= 4 is 21.7 Å². The van der Waals surface area contributed by atoms with Gasteiger partial charge in [0.25, 0.3) is 0 Å². The maximum absolute atomic E-state index is 11.9. The molecule has 1 rings (SSSR count). The Bertz CT molecular complexity index is 580. The first-order valence-electron chi connectivity index (χ1n) is 5.90. The Morgan fingerprint density at radius 3 is 2.42 bits per heavy atom. The van der Waals surface area contributed by atoms with Gasteiger partial charge in [0.2, 0.25) is 10.0 Å². The van der Waals surface area contributed by atoms with Gasteiger partial charge in [0.15, 0.2) is 0 Å². The number of carboxylic acids is 1. The molecule has 0 aliphatic rings. The molecule has 1 aromatic rings. The van der Waals surface area contributed by atoms with Gasteiger partial charge in [-0.3, -0.25) is 9.10 Å². The predicted molar refractivity (Wildman–Crippen MR) is 74.9 cm³/mol. The van der Waals surface area contributed by atoms with Crippen LogP contribution in [0.4, 0.5) is 5.69 Å². The van der Waals surface area contributed by atoms with Crippen LogP contribution in [0.25, 0.3) is 0 Å². The van der Waals surface area contributed by atoms with Crippen LogP contribution in [0.1, 0.15) is 18.1 Å². The van der Waals surface area contributed by atoms with Gasteiger partial charge in [-0.1, -0.05) is 19.1 Å². The Kier molecular flexibility index (Phi) is 4.57. The first kappa shape index (κ1) is 15.5. The minimum atomic E-state index is -3.52. The third-order valence-corrected chi connectivity index (χ3v) is 4.04. The van der Waals surface area contributed by atoms with E-state index in [2.05, 4.69) is 0 Å². The summed E-state index contributed by atoms with van der Waals surface area (Å²) in [6.07, 6.45) is 1.09. The summed E-state index contributed by atoms with van der Waals surface area (Å²) in [4.78, 5) is 10.9. The fourth-order valence-corrected chi connectivity index (χ4v) is 2.78. The molecule has 0 aromatic heterocycles. The summed E-state index contributed by atoms with van der Waals surface area (Å²) in [7, 11) is -3.52. The van der Waals surface area contributed by atoms with E-state index in [1.165, 1.54) is 6.92 Å². The number of aryl methyl sites for hydroxylation is 2. The maximum Gasteiger partial charge on any atom is 0.308 e. The molecule has 0 aliphatic carbocycles. The van der Waals surface area contributed by atoms with Crippen LogP contribution >= 0.6 is 0 Å². The molecule has 0 aliphatic heterocycles. The molecule has 0 spiro atoms. The van der Waals surface area contributed by atoms with E-state index in [4.69, 9.17) is 5.11 Å². The molecular formula is C13H19NO4S. The molecule has 0 bridgehead atoms. The second-order valence-corrected chi connectivity index (χ2v) is 6.73. The largest absolute Gasteiger partial charge is 0.481 e. The maximum atomic E-state index is 11.9. The molecule has 0 saturated carbocycles. The molecule has 0 radical (unpaired) electrons. The quantitative estimate of drug-likeness (QED) is 0.895. The summed E-state index contributed by atoms with van der Waals surface area (Å²) < 4.78 is 24.9. The lowest BCUT2D eigenvalue weighted by atomic mass is 10.1. The molecule has 0 saturated heterocycles. The van der Waals surface area contributed by atoms with Gasteiger partial charge in [0.1, 0.15) is 0 Å². The zero-order valence-corrected chi connectivity index (χ0v) is 12.4. The molecule has 1 aromatic carbocycles. The highest BCUT2D eigenvalue weighted by atomic mass is 32.2. The van der Waals surface area contributed by atoms with Gasteiger partial charge in [-0.25, -0.2) is 8.42 Å². The van der Waals surface area contributed by atoms with E-state index in [9.17, 15) is 13.2 Å². The number of hydrogen-bond donors (Lipinski definition) is 1. The van der Waals surface area contributed by atoms with E-state index in [1.807, 2.05) is 19.1 Å². The third kappa shape index (κ3) is 3.96. The zero-order chi connectivity index (χ0) is 14.8. The lowest BCUT2D eigenvalue weighted by molar-refractivity contribution is -0.140. The van der Waals surface area contributed by atoms with Crippen molar-refractivity contribution in [3.05, 3.63) is 29.3 Å². The standard InChI is InChI=1S/C13H19NO4S/c1-9-5-6-10(2)12(7-9)14(19(4,17)18)8-11(3)13(15)16/h5-7,11H,8H2,1-4H3,(H,15,16). The van der Waals surface area contributed by atoms with Crippen molar-refractivity contribution in [1.82, 2.24) is 0 Å². The second kappa shape index (κ2) is 5.61. The fourth-order valence-electron chi connectivity index (χ4n) is 1.73. The first-order valence-corrected chi connectivity index (χ1v) is 7.75. The lowest BCUT2D eigenvalue weighted by Gasteiger charge is -2.26. The molecular weight excluding hydrogens is 266 g/mol. The number of hydrogen-bond acceptors (Lipinski definition) is 3. The summed E-state index contributed by atoms with van der Waals surface area (Å²) in [5.41, 5.74) is 2.27. The number of anilines is 1. The Hall–Kier alpha value is -1.56. The van der Waals surface area contributed by atoms with E-state index in [0.717, 1.165) is 21.7 Å². The van der Waals surface area contributed by atoms with Gasteiger partial charge in [0.05, 0.1) is 17.9 Å². The van der Waals surface area contributed by atoms with Crippen LogP contribution < -0.4 is 4.31 Å². The van der Waals surface area contributed by atoms with Gasteiger partial charge in [-0.15, -0.1) is 0 Å². The van der Waals surface area contributed by atoms with Crippen molar-refractivity contribution < 1.29 is 18.3 Å². The Labute approximate surface area is 113 Å². The summed E-state index contributed by atoms with van der Waals surface area (Å²) >= 11 is 0. The molecule has 19 heavy (non-hydrogen) atoms. The number of carbonyl (C=O) groups is 1. The van der Waals surface area contributed by atoms with Crippen molar-refractivity contribution in [1.29, 1.82) is 0 Å². The van der Waals surface area contributed by atoms with Gasteiger partial charge in [-0.2, -0.15) is 0 Å². The fraction of sp³-hybridized carbons (Fsp3) is 0.462. The second-order valence-electron chi connectivity index (χ2n) is 4.82. The highest BCUT2D eigenvalue weighted by Crippen LogP contribution is 2.24. The molecule has 1 unspecified atom stereocenters. The van der Waals surface area contributed by atoms with Crippen LogP contribution in [0.3, 0.4) is 0 Å². The van der Waals surface area contributed by atoms with E-state index in [-0.39, 0.29) is 6.54 Å². The highest BCUT2D eigenvalue weighted by molar-refractivity contribution is 7.92. The number of benzene rings is 1. The minimum Gasteiger partial charge on any atom is -0.481 e. The smallest absolute Gasteiger partial charge is 0.308 e. The normalized spacial score (nSPS) is 13.1. The van der Waals surface area contributed by atoms with Crippen LogP contribution in [0.2, 0.25) is 0 Å². The SMILES string of the molecule is Cc1ccc(C)c(N(CC(C)C(=O)O)S(C)(=O)=O)c1. The topological polar surface area (TPSA) is 74.7 Å². The van der Waals surface area contributed by atoms with Crippen molar-refractivity contribution in [3.8, 4) is 0 Å². The van der Waals surface area contributed by atoms with E-state index in [0.29, 0.717) is 5.69 Å². The Balaban J connectivity index is 3.25. The molecule has 6 heteroatoms. The van der Waals surface area contributed by atoms with Gasteiger partial charge in [-0.05, 0) is 31.0 Å². The van der Waals surface area contributed by atoms with Crippen LogP contribution in [-0.2, 0) is 14.8 Å². The Morgan fingerprint density at radius 1 is 1.37 bits per heavy atom. The summed E-state index contributed by atoms with van der Waals surface area (Å²) in [6, 6.07) is 5.47. The summed E-state index contributed by atoms with van der Waals surface area (Å²) in [6.45, 7) is 5.09. The van der Waals surface area contributed by atoms with Gasteiger partial charge < -0.3 is 5.11 Å². The van der Waals surface area contributed by atoms with Crippen molar-refractivity contribution in [2.24, 2.45) is 5.92 Å². The van der Waals surface area contributed by atoms with E-state index >= 15 is 0 Å². The van der Waals surface area contributed by atoms with Crippen LogP contribution in [0.5, 0.6) is 0 Å². The molecule has 0 heterocycles. The molecule has 5 nitrogen and oxygen atoms in total. The summed E-state index contributed by atoms with van der Waals surface area (Å²) in [5, 5.41) is 8.95. The predicted octanol–water partition coefficient (Wildman–Crippen LogP) is 1.79. The molecule has 1 N–H and O–H groups in total. The van der Waals surface area contributed by atoms with Crippen LogP contribution in [-0.4, -0.2) is 32.3 Å². The van der Waals surface area contributed by atoms with Crippen LogP contribution in [0.15, 0.2) is 18.2 Å².